The number of carbonyl (C=O) groups excluding carboxylic acids is 1. The first-order valence-electron chi connectivity index (χ1n) is 8.47. The zero-order valence-electron chi connectivity index (χ0n) is 14.4. The van der Waals surface area contributed by atoms with Crippen molar-refractivity contribution in [1.82, 2.24) is 15.2 Å². The Bertz CT molecular complexity index is 676. The number of methoxy groups -OCH3 is 1. The van der Waals surface area contributed by atoms with Crippen LogP contribution in [0.15, 0.2) is 48.8 Å². The van der Waals surface area contributed by atoms with Gasteiger partial charge < -0.3 is 19.7 Å². The molecule has 0 aliphatic carbocycles. The molecule has 132 valence electrons. The molecule has 1 saturated heterocycles. The second kappa shape index (κ2) is 8.37. The second-order valence-electron chi connectivity index (χ2n) is 6.02. The van der Waals surface area contributed by atoms with Crippen molar-refractivity contribution in [1.29, 1.82) is 0 Å². The minimum atomic E-state index is -0.0566. The molecular weight excluding hydrogens is 318 g/mol. The average Bonchev–Trinajstić information content (AvgIpc) is 2.67. The third-order valence-electron chi connectivity index (χ3n) is 4.22. The first-order valence-corrected chi connectivity index (χ1v) is 8.47. The number of amides is 2. The molecule has 6 nitrogen and oxygen atoms in total. The highest BCUT2D eigenvalue weighted by molar-refractivity contribution is 5.74. The van der Waals surface area contributed by atoms with Crippen LogP contribution in [-0.2, 0) is 6.54 Å². The summed E-state index contributed by atoms with van der Waals surface area (Å²) in [4.78, 5) is 18.2. The van der Waals surface area contributed by atoms with Crippen molar-refractivity contribution >= 4 is 6.03 Å². The van der Waals surface area contributed by atoms with E-state index in [0.717, 1.165) is 36.4 Å². The summed E-state index contributed by atoms with van der Waals surface area (Å²) in [5.74, 6) is 1.60. The molecule has 1 fully saturated rings. The number of nitrogens with zero attached hydrogens (tertiary/aromatic N) is 2. The number of carbonyl (C=O) groups is 1. The van der Waals surface area contributed by atoms with E-state index in [9.17, 15) is 4.79 Å². The van der Waals surface area contributed by atoms with E-state index in [-0.39, 0.29) is 12.1 Å². The van der Waals surface area contributed by atoms with Crippen molar-refractivity contribution < 1.29 is 14.3 Å². The molecule has 25 heavy (non-hydrogen) atoms. The van der Waals surface area contributed by atoms with Gasteiger partial charge in [-0.15, -0.1) is 0 Å². The Kier molecular flexibility index (Phi) is 5.72. The summed E-state index contributed by atoms with van der Waals surface area (Å²) in [5.41, 5.74) is 1.04. The average molecular weight is 341 g/mol. The lowest BCUT2D eigenvalue weighted by molar-refractivity contribution is 0.101. The topological polar surface area (TPSA) is 63.7 Å². The van der Waals surface area contributed by atoms with Crippen molar-refractivity contribution in [3.63, 3.8) is 0 Å². The van der Waals surface area contributed by atoms with Crippen LogP contribution < -0.4 is 14.8 Å². The number of hydrogen-bond acceptors (Lipinski definition) is 4. The fourth-order valence-electron chi connectivity index (χ4n) is 2.86. The largest absolute Gasteiger partial charge is 0.497 e. The predicted molar refractivity (Wildman–Crippen MR) is 94.7 cm³/mol. The smallest absolute Gasteiger partial charge is 0.317 e. The van der Waals surface area contributed by atoms with Gasteiger partial charge in [-0.25, -0.2) is 4.79 Å². The van der Waals surface area contributed by atoms with E-state index in [4.69, 9.17) is 9.47 Å². The quantitative estimate of drug-likeness (QED) is 0.908. The molecule has 1 atom stereocenters. The molecular formula is C19H23N3O3. The summed E-state index contributed by atoms with van der Waals surface area (Å²) in [7, 11) is 1.64. The lowest BCUT2D eigenvalue weighted by atomic mass is 10.1. The third kappa shape index (κ3) is 4.86. The Morgan fingerprint density at radius 1 is 1.20 bits per heavy atom. The van der Waals surface area contributed by atoms with Crippen molar-refractivity contribution in [3.8, 4) is 11.5 Å². The highest BCUT2D eigenvalue weighted by Crippen LogP contribution is 2.18. The maximum absolute atomic E-state index is 12.4. The van der Waals surface area contributed by atoms with Crippen molar-refractivity contribution in [3.05, 3.63) is 54.4 Å². The number of hydrogen-bond donors (Lipinski definition) is 1. The van der Waals surface area contributed by atoms with Crippen LogP contribution in [0.4, 0.5) is 4.79 Å². The molecule has 0 spiro atoms. The van der Waals surface area contributed by atoms with Gasteiger partial charge in [0.2, 0.25) is 0 Å². The minimum Gasteiger partial charge on any atom is -0.497 e. The Balaban J connectivity index is 1.49. The number of likely N-dealkylation sites (tertiary alicyclic amines) is 1. The predicted octanol–water partition coefficient (Wildman–Crippen LogP) is 2.84. The zero-order valence-corrected chi connectivity index (χ0v) is 14.4. The number of piperidine rings is 1. The van der Waals surface area contributed by atoms with Crippen LogP contribution in [0.25, 0.3) is 0 Å². The van der Waals surface area contributed by atoms with Gasteiger partial charge in [0.25, 0.3) is 0 Å². The number of urea groups is 1. The van der Waals surface area contributed by atoms with Crippen LogP contribution in [0.5, 0.6) is 11.5 Å². The number of aromatic nitrogens is 1. The first-order chi connectivity index (χ1) is 12.2. The molecule has 1 aromatic carbocycles. The van der Waals surface area contributed by atoms with E-state index < -0.39 is 0 Å². The van der Waals surface area contributed by atoms with E-state index in [2.05, 4.69) is 10.3 Å². The van der Waals surface area contributed by atoms with E-state index in [1.807, 2.05) is 41.3 Å². The molecule has 0 unspecified atom stereocenters. The van der Waals surface area contributed by atoms with Gasteiger partial charge in [-0.2, -0.15) is 0 Å². The molecule has 0 saturated carbocycles. The highest BCUT2D eigenvalue weighted by Gasteiger charge is 2.24. The van der Waals surface area contributed by atoms with E-state index in [1.54, 1.807) is 19.5 Å². The summed E-state index contributed by atoms with van der Waals surface area (Å²) in [6.07, 6.45) is 5.31. The van der Waals surface area contributed by atoms with Gasteiger partial charge >= 0.3 is 6.03 Å². The summed E-state index contributed by atoms with van der Waals surface area (Å²) < 4.78 is 11.1. The fraction of sp³-hybridized carbons (Fsp3) is 0.368. The van der Waals surface area contributed by atoms with Crippen LogP contribution in [-0.4, -0.2) is 42.2 Å². The Morgan fingerprint density at radius 2 is 1.96 bits per heavy atom. The van der Waals surface area contributed by atoms with Crippen LogP contribution in [0.2, 0.25) is 0 Å². The zero-order chi connectivity index (χ0) is 17.5. The molecule has 1 aromatic heterocycles. The van der Waals surface area contributed by atoms with Gasteiger partial charge in [0.1, 0.15) is 17.6 Å². The van der Waals surface area contributed by atoms with Crippen LogP contribution >= 0.6 is 0 Å². The van der Waals surface area contributed by atoms with Gasteiger partial charge in [0, 0.05) is 25.5 Å². The summed E-state index contributed by atoms with van der Waals surface area (Å²) in [6.45, 7) is 1.84. The molecule has 2 heterocycles. The molecule has 6 heteroatoms. The summed E-state index contributed by atoms with van der Waals surface area (Å²) in [6, 6.07) is 11.3. The van der Waals surface area contributed by atoms with E-state index in [1.165, 1.54) is 0 Å². The summed E-state index contributed by atoms with van der Waals surface area (Å²) >= 11 is 0. The normalized spacial score (nSPS) is 17.0. The third-order valence-corrected chi connectivity index (χ3v) is 4.22. The lowest BCUT2D eigenvalue weighted by Gasteiger charge is -2.32. The maximum atomic E-state index is 12.4. The molecule has 1 aliphatic heterocycles. The van der Waals surface area contributed by atoms with Gasteiger partial charge in [0.15, 0.2) is 0 Å². The Hall–Kier alpha value is -2.76. The Morgan fingerprint density at radius 3 is 2.68 bits per heavy atom. The van der Waals surface area contributed by atoms with Crippen molar-refractivity contribution in [2.24, 2.45) is 0 Å². The standard InChI is InChI=1S/C19H23N3O3/c1-24-16-6-4-15(5-7-16)13-21-19(23)22-12-2-3-18(14-22)25-17-8-10-20-11-9-17/h4-11,18H,2-3,12-14H2,1H3,(H,21,23)/t18-/m0/s1. The summed E-state index contributed by atoms with van der Waals surface area (Å²) in [5, 5.41) is 2.97. The lowest BCUT2D eigenvalue weighted by Crippen LogP contribution is -2.48. The van der Waals surface area contributed by atoms with Gasteiger partial charge in [-0.3, -0.25) is 4.98 Å². The monoisotopic (exact) mass is 341 g/mol. The van der Waals surface area contributed by atoms with Gasteiger partial charge in [-0.05, 0) is 42.7 Å². The molecule has 0 radical (unpaired) electrons. The minimum absolute atomic E-state index is 0.0166. The number of pyridine rings is 1. The van der Waals surface area contributed by atoms with Crippen LogP contribution in [0.3, 0.4) is 0 Å². The number of ether oxygens (including phenoxy) is 2. The molecule has 3 rings (SSSR count). The highest BCUT2D eigenvalue weighted by atomic mass is 16.5. The molecule has 1 aliphatic rings. The van der Waals surface area contributed by atoms with Gasteiger partial charge in [-0.1, -0.05) is 12.1 Å². The van der Waals surface area contributed by atoms with Gasteiger partial charge in [0.05, 0.1) is 13.7 Å². The van der Waals surface area contributed by atoms with Crippen molar-refractivity contribution in [2.75, 3.05) is 20.2 Å². The molecule has 2 aromatic rings. The number of rotatable bonds is 5. The molecule has 2 amide bonds. The van der Waals surface area contributed by atoms with Crippen LogP contribution in [0.1, 0.15) is 18.4 Å². The molecule has 1 N–H and O–H groups in total. The number of benzene rings is 1. The first kappa shape index (κ1) is 17.1. The SMILES string of the molecule is COc1ccc(CNC(=O)N2CCC[C@H](Oc3ccncc3)C2)cc1. The van der Waals surface area contributed by atoms with E-state index >= 15 is 0 Å². The van der Waals surface area contributed by atoms with Crippen molar-refractivity contribution in [2.45, 2.75) is 25.5 Å². The fourth-order valence-corrected chi connectivity index (χ4v) is 2.86. The maximum Gasteiger partial charge on any atom is 0.317 e. The molecule has 0 bridgehead atoms. The number of nitrogens with one attached hydrogen (secondary N) is 1. The van der Waals surface area contributed by atoms with E-state index in [0.29, 0.717) is 13.1 Å². The second-order valence-corrected chi connectivity index (χ2v) is 6.02. The van der Waals surface area contributed by atoms with Crippen LogP contribution in [0, 0.1) is 0 Å². The Labute approximate surface area is 147 Å².